The number of benzene rings is 2. The molecular formula is C28H36FN3O2. The first kappa shape index (κ1) is 24.4. The SMILES string of the molecule is CCCCc1ccc(C(=O)N2CCN([C@@H](C(=O)Nc3cccc(F)c3)C3CCCC3)CC2)cc1. The Hall–Kier alpha value is -2.73. The monoisotopic (exact) mass is 465 g/mol. The molecule has 1 N–H and O–H groups in total. The van der Waals surface area contributed by atoms with E-state index in [0.29, 0.717) is 37.8 Å². The van der Waals surface area contributed by atoms with Crippen LogP contribution in [0.4, 0.5) is 10.1 Å². The van der Waals surface area contributed by atoms with Gasteiger partial charge in [-0.05, 0) is 67.5 Å². The maximum absolute atomic E-state index is 13.6. The Morgan fingerprint density at radius 1 is 1.03 bits per heavy atom. The summed E-state index contributed by atoms with van der Waals surface area (Å²) in [5.74, 6) is -0.0736. The van der Waals surface area contributed by atoms with E-state index < -0.39 is 0 Å². The lowest BCUT2D eigenvalue weighted by Gasteiger charge is -2.40. The standard InChI is InChI=1S/C28H36FN3O2/c1-2-3-7-21-12-14-23(15-13-21)28(34)32-18-16-31(17-19-32)26(22-8-4-5-9-22)27(33)30-25-11-6-10-24(29)20-25/h6,10-15,20,22,26H,2-5,7-9,16-19H2,1H3,(H,30,33)/t26-/m1/s1. The van der Waals surface area contributed by atoms with Gasteiger partial charge < -0.3 is 10.2 Å². The smallest absolute Gasteiger partial charge is 0.253 e. The zero-order valence-corrected chi connectivity index (χ0v) is 20.1. The summed E-state index contributed by atoms with van der Waals surface area (Å²) in [5.41, 5.74) is 2.49. The Morgan fingerprint density at radius 2 is 1.74 bits per heavy atom. The van der Waals surface area contributed by atoms with Gasteiger partial charge >= 0.3 is 0 Å². The van der Waals surface area contributed by atoms with Crippen LogP contribution in [-0.4, -0.2) is 53.8 Å². The van der Waals surface area contributed by atoms with Crippen LogP contribution in [0.1, 0.15) is 61.4 Å². The number of amides is 2. The number of hydrogen-bond donors (Lipinski definition) is 1. The van der Waals surface area contributed by atoms with Gasteiger partial charge in [-0.2, -0.15) is 0 Å². The van der Waals surface area contributed by atoms with Crippen LogP contribution < -0.4 is 5.32 Å². The summed E-state index contributed by atoms with van der Waals surface area (Å²) >= 11 is 0. The molecule has 1 saturated heterocycles. The third-order valence-corrected chi connectivity index (χ3v) is 7.22. The number of hydrogen-bond acceptors (Lipinski definition) is 3. The summed E-state index contributed by atoms with van der Waals surface area (Å²) in [4.78, 5) is 30.5. The molecule has 0 bridgehead atoms. The van der Waals surface area contributed by atoms with Gasteiger partial charge in [-0.1, -0.05) is 44.4 Å². The minimum Gasteiger partial charge on any atom is -0.336 e. The van der Waals surface area contributed by atoms with Crippen molar-refractivity contribution in [2.75, 3.05) is 31.5 Å². The lowest BCUT2D eigenvalue weighted by atomic mass is 9.94. The molecule has 34 heavy (non-hydrogen) atoms. The van der Waals surface area contributed by atoms with Crippen molar-refractivity contribution in [1.29, 1.82) is 0 Å². The van der Waals surface area contributed by atoms with Crippen molar-refractivity contribution in [3.63, 3.8) is 0 Å². The fourth-order valence-electron chi connectivity index (χ4n) is 5.31. The van der Waals surface area contributed by atoms with Crippen LogP contribution in [0, 0.1) is 11.7 Å². The van der Waals surface area contributed by atoms with Crippen molar-refractivity contribution >= 4 is 17.5 Å². The fraction of sp³-hybridized carbons (Fsp3) is 0.500. The molecule has 1 saturated carbocycles. The summed E-state index contributed by atoms with van der Waals surface area (Å²) in [6.07, 6.45) is 7.71. The molecule has 2 fully saturated rings. The number of anilines is 1. The van der Waals surface area contributed by atoms with E-state index in [2.05, 4.69) is 29.3 Å². The second kappa shape index (κ2) is 11.6. The van der Waals surface area contributed by atoms with Gasteiger partial charge in [-0.15, -0.1) is 0 Å². The Kier molecular flexibility index (Phi) is 8.33. The molecule has 1 aliphatic carbocycles. The normalized spacial score (nSPS) is 18.1. The molecule has 2 amide bonds. The summed E-state index contributed by atoms with van der Waals surface area (Å²) < 4.78 is 13.6. The summed E-state index contributed by atoms with van der Waals surface area (Å²) in [6, 6.07) is 13.8. The minimum absolute atomic E-state index is 0.0586. The molecule has 0 aromatic heterocycles. The number of halogens is 1. The molecule has 0 spiro atoms. The molecule has 0 unspecified atom stereocenters. The molecule has 2 aliphatic rings. The number of nitrogens with one attached hydrogen (secondary N) is 1. The van der Waals surface area contributed by atoms with Crippen molar-refractivity contribution in [2.24, 2.45) is 5.92 Å². The van der Waals surface area contributed by atoms with E-state index in [1.807, 2.05) is 17.0 Å². The van der Waals surface area contributed by atoms with E-state index in [1.54, 1.807) is 12.1 Å². The molecule has 5 nitrogen and oxygen atoms in total. The first-order chi connectivity index (χ1) is 16.5. The van der Waals surface area contributed by atoms with Gasteiger partial charge in [0.25, 0.3) is 5.91 Å². The van der Waals surface area contributed by atoms with Gasteiger partial charge in [-0.3, -0.25) is 14.5 Å². The topological polar surface area (TPSA) is 52.7 Å². The Morgan fingerprint density at radius 3 is 2.38 bits per heavy atom. The number of nitrogens with zero attached hydrogens (tertiary/aromatic N) is 2. The average Bonchev–Trinajstić information content (AvgIpc) is 3.37. The van der Waals surface area contributed by atoms with Gasteiger partial charge in [0.1, 0.15) is 5.82 Å². The Balaban J connectivity index is 1.38. The first-order valence-electron chi connectivity index (χ1n) is 12.7. The van der Waals surface area contributed by atoms with Gasteiger partial charge in [0.2, 0.25) is 5.91 Å². The molecule has 1 atom stereocenters. The maximum atomic E-state index is 13.6. The van der Waals surface area contributed by atoms with Crippen LogP contribution in [0.2, 0.25) is 0 Å². The van der Waals surface area contributed by atoms with Crippen LogP contribution in [0.5, 0.6) is 0 Å². The zero-order valence-electron chi connectivity index (χ0n) is 20.1. The van der Waals surface area contributed by atoms with Crippen LogP contribution in [0.25, 0.3) is 0 Å². The first-order valence-corrected chi connectivity index (χ1v) is 12.7. The van der Waals surface area contributed by atoms with Crippen molar-refractivity contribution in [1.82, 2.24) is 9.80 Å². The van der Waals surface area contributed by atoms with Crippen molar-refractivity contribution in [3.05, 3.63) is 65.5 Å². The minimum atomic E-state index is -0.360. The highest BCUT2D eigenvalue weighted by Crippen LogP contribution is 2.32. The second-order valence-corrected chi connectivity index (χ2v) is 9.62. The Bertz CT molecular complexity index is 964. The predicted molar refractivity (Wildman–Crippen MR) is 133 cm³/mol. The number of unbranched alkanes of at least 4 members (excludes halogenated alkanes) is 1. The lowest BCUT2D eigenvalue weighted by molar-refractivity contribution is -0.123. The van der Waals surface area contributed by atoms with Crippen molar-refractivity contribution < 1.29 is 14.0 Å². The molecule has 2 aromatic carbocycles. The molecule has 6 heteroatoms. The highest BCUT2D eigenvalue weighted by atomic mass is 19.1. The van der Waals surface area contributed by atoms with Crippen LogP contribution in [-0.2, 0) is 11.2 Å². The summed E-state index contributed by atoms with van der Waals surface area (Å²) in [6.45, 7) is 4.72. The zero-order chi connectivity index (χ0) is 23.9. The molecule has 4 rings (SSSR count). The van der Waals surface area contributed by atoms with Gasteiger partial charge in [-0.25, -0.2) is 4.39 Å². The quantitative estimate of drug-likeness (QED) is 0.589. The number of aryl methyl sites for hydroxylation is 1. The van der Waals surface area contributed by atoms with Gasteiger partial charge in [0.05, 0.1) is 6.04 Å². The predicted octanol–water partition coefficient (Wildman–Crippen LogP) is 5.12. The van der Waals surface area contributed by atoms with Crippen LogP contribution in [0.15, 0.2) is 48.5 Å². The van der Waals surface area contributed by atoms with E-state index in [4.69, 9.17) is 0 Å². The molecule has 2 aromatic rings. The van der Waals surface area contributed by atoms with Crippen LogP contribution in [0.3, 0.4) is 0 Å². The van der Waals surface area contributed by atoms with E-state index in [0.717, 1.165) is 50.5 Å². The third kappa shape index (κ3) is 6.03. The number of rotatable bonds is 8. The molecule has 1 aliphatic heterocycles. The van der Waals surface area contributed by atoms with E-state index in [9.17, 15) is 14.0 Å². The largest absolute Gasteiger partial charge is 0.336 e. The van der Waals surface area contributed by atoms with E-state index in [1.165, 1.54) is 17.7 Å². The Labute approximate surface area is 202 Å². The summed E-state index contributed by atoms with van der Waals surface area (Å²) in [7, 11) is 0. The van der Waals surface area contributed by atoms with E-state index in [-0.39, 0.29) is 23.7 Å². The number of carbonyl (C=O) groups excluding carboxylic acids is 2. The average molecular weight is 466 g/mol. The molecule has 1 heterocycles. The van der Waals surface area contributed by atoms with Crippen molar-refractivity contribution in [2.45, 2.75) is 57.9 Å². The van der Waals surface area contributed by atoms with Gasteiger partial charge in [0, 0.05) is 37.4 Å². The number of piperazine rings is 1. The highest BCUT2D eigenvalue weighted by Gasteiger charge is 2.37. The fourth-order valence-corrected chi connectivity index (χ4v) is 5.31. The highest BCUT2D eigenvalue weighted by molar-refractivity contribution is 5.95. The van der Waals surface area contributed by atoms with Crippen molar-refractivity contribution in [3.8, 4) is 0 Å². The van der Waals surface area contributed by atoms with Gasteiger partial charge in [0.15, 0.2) is 0 Å². The summed E-state index contributed by atoms with van der Waals surface area (Å²) in [5, 5.41) is 2.94. The molecular weight excluding hydrogens is 429 g/mol. The van der Waals surface area contributed by atoms with Crippen LogP contribution >= 0.6 is 0 Å². The molecule has 0 radical (unpaired) electrons. The maximum Gasteiger partial charge on any atom is 0.253 e. The number of carbonyl (C=O) groups is 2. The molecule has 182 valence electrons. The lowest BCUT2D eigenvalue weighted by Crippen LogP contribution is -2.56. The second-order valence-electron chi connectivity index (χ2n) is 9.62. The van der Waals surface area contributed by atoms with E-state index >= 15 is 0 Å². The third-order valence-electron chi connectivity index (χ3n) is 7.22.